The van der Waals surface area contributed by atoms with Crippen LogP contribution in [0.2, 0.25) is 0 Å². The average molecular weight is 423 g/mol. The van der Waals surface area contributed by atoms with Crippen LogP contribution in [0.15, 0.2) is 41.8 Å². The Balaban J connectivity index is 1.62. The van der Waals surface area contributed by atoms with Crippen molar-refractivity contribution < 1.29 is 22.7 Å². The smallest absolute Gasteiger partial charge is 0.376 e. The molecule has 0 aliphatic carbocycles. The fourth-order valence-electron chi connectivity index (χ4n) is 3.57. The van der Waals surface area contributed by atoms with Gasteiger partial charge >= 0.3 is 6.18 Å². The van der Waals surface area contributed by atoms with Crippen molar-refractivity contribution in [2.75, 3.05) is 13.2 Å². The number of benzene rings is 1. The maximum Gasteiger partial charge on any atom is 0.449 e. The summed E-state index contributed by atoms with van der Waals surface area (Å²) in [5.41, 5.74) is 0.512. The van der Waals surface area contributed by atoms with Crippen molar-refractivity contribution >= 4 is 28.3 Å². The molecule has 0 bridgehead atoms. The average Bonchev–Trinajstić information content (AvgIpc) is 3.42. The van der Waals surface area contributed by atoms with Gasteiger partial charge in [0.15, 0.2) is 0 Å². The Morgan fingerprint density at radius 3 is 2.79 bits per heavy atom. The Morgan fingerprint density at radius 2 is 2.10 bits per heavy atom. The molecule has 1 fully saturated rings. The summed E-state index contributed by atoms with van der Waals surface area (Å²) in [6, 6.07) is 10.1. The van der Waals surface area contributed by atoms with Crippen LogP contribution in [-0.2, 0) is 28.8 Å². The van der Waals surface area contributed by atoms with E-state index < -0.39 is 18.5 Å². The zero-order chi connectivity index (χ0) is 20.4. The number of halogens is 3. The zero-order valence-corrected chi connectivity index (χ0v) is 16.4. The molecule has 0 saturated carbocycles. The lowest BCUT2D eigenvalue weighted by Crippen LogP contribution is -2.39. The van der Waals surface area contributed by atoms with Crippen LogP contribution in [0.3, 0.4) is 0 Å². The van der Waals surface area contributed by atoms with Gasteiger partial charge in [0.2, 0.25) is 11.7 Å². The van der Waals surface area contributed by atoms with Gasteiger partial charge in [-0.1, -0.05) is 18.2 Å². The van der Waals surface area contributed by atoms with Crippen LogP contribution in [0.25, 0.3) is 11.0 Å². The topological polar surface area (TPSA) is 47.4 Å². The highest BCUT2D eigenvalue weighted by Gasteiger charge is 2.38. The van der Waals surface area contributed by atoms with Gasteiger partial charge in [0, 0.05) is 18.0 Å². The molecule has 1 unspecified atom stereocenters. The first-order valence-electron chi connectivity index (χ1n) is 9.36. The van der Waals surface area contributed by atoms with Crippen LogP contribution in [-0.4, -0.2) is 39.6 Å². The highest BCUT2D eigenvalue weighted by atomic mass is 32.1. The van der Waals surface area contributed by atoms with E-state index in [0.29, 0.717) is 25.2 Å². The first-order chi connectivity index (χ1) is 13.9. The Labute approximate surface area is 169 Å². The lowest BCUT2D eigenvalue weighted by Gasteiger charge is -2.26. The SMILES string of the molecule is O=C(Cn1c(C(F)(F)F)nc2ccccc21)N(Cc1cccs1)CC1CCCO1. The molecular formula is C20H20F3N3O2S. The van der Waals surface area contributed by atoms with Crippen molar-refractivity contribution in [2.24, 2.45) is 0 Å². The molecule has 0 N–H and O–H groups in total. The van der Waals surface area contributed by atoms with Gasteiger partial charge in [0.05, 0.1) is 23.7 Å². The van der Waals surface area contributed by atoms with E-state index in [1.807, 2.05) is 17.5 Å². The summed E-state index contributed by atoms with van der Waals surface area (Å²) in [5.74, 6) is -1.44. The van der Waals surface area contributed by atoms with Crippen molar-refractivity contribution in [3.05, 3.63) is 52.5 Å². The van der Waals surface area contributed by atoms with Gasteiger partial charge in [0.1, 0.15) is 6.54 Å². The number of fused-ring (bicyclic) bond motifs is 1. The largest absolute Gasteiger partial charge is 0.449 e. The summed E-state index contributed by atoms with van der Waals surface area (Å²) in [7, 11) is 0. The molecule has 1 aromatic carbocycles. The number of ether oxygens (including phenoxy) is 1. The molecule has 1 saturated heterocycles. The van der Waals surface area contributed by atoms with Crippen molar-refractivity contribution in [3.63, 3.8) is 0 Å². The first kappa shape index (κ1) is 19.9. The summed E-state index contributed by atoms with van der Waals surface area (Å²) < 4.78 is 47.2. The van der Waals surface area contributed by atoms with Crippen LogP contribution in [0, 0.1) is 0 Å². The van der Waals surface area contributed by atoms with Gasteiger partial charge in [-0.3, -0.25) is 4.79 Å². The molecule has 1 aliphatic heterocycles. The monoisotopic (exact) mass is 423 g/mol. The summed E-state index contributed by atoms with van der Waals surface area (Å²) in [6.07, 6.45) is -2.96. The standard InChI is InChI=1S/C20H20F3N3O2S/c21-20(22,23)19-24-16-7-1-2-8-17(16)26(19)13-18(27)25(11-14-5-3-9-28-14)12-15-6-4-10-29-15/h1-2,4,6-8,10,14H,3,5,9,11-13H2. The van der Waals surface area contributed by atoms with Crippen LogP contribution in [0.5, 0.6) is 0 Å². The van der Waals surface area contributed by atoms with Crippen molar-refractivity contribution in [1.82, 2.24) is 14.5 Å². The second kappa shape index (κ2) is 8.16. The number of carbonyl (C=O) groups excluding carboxylic acids is 1. The summed E-state index contributed by atoms with van der Waals surface area (Å²) >= 11 is 1.51. The fraction of sp³-hybridized carbons (Fsp3) is 0.400. The predicted molar refractivity (Wildman–Crippen MR) is 103 cm³/mol. The van der Waals surface area contributed by atoms with E-state index in [2.05, 4.69) is 4.98 Å². The van der Waals surface area contributed by atoms with E-state index >= 15 is 0 Å². The van der Waals surface area contributed by atoms with Crippen molar-refractivity contribution in [1.29, 1.82) is 0 Å². The van der Waals surface area contributed by atoms with Crippen molar-refractivity contribution in [2.45, 2.75) is 38.2 Å². The molecular weight excluding hydrogens is 403 g/mol. The second-order valence-corrected chi connectivity index (χ2v) is 8.03. The number of hydrogen-bond donors (Lipinski definition) is 0. The lowest BCUT2D eigenvalue weighted by atomic mass is 10.2. The third-order valence-corrected chi connectivity index (χ3v) is 5.79. The molecule has 9 heteroatoms. The molecule has 1 amide bonds. The van der Waals surface area contributed by atoms with E-state index in [-0.39, 0.29) is 17.5 Å². The van der Waals surface area contributed by atoms with E-state index in [4.69, 9.17) is 4.74 Å². The summed E-state index contributed by atoms with van der Waals surface area (Å²) in [6.45, 7) is 0.943. The molecule has 0 radical (unpaired) electrons. The fourth-order valence-corrected chi connectivity index (χ4v) is 4.29. The number of hydrogen-bond acceptors (Lipinski definition) is 4. The molecule has 154 valence electrons. The molecule has 1 atom stereocenters. The van der Waals surface area contributed by atoms with Gasteiger partial charge in [0.25, 0.3) is 0 Å². The van der Waals surface area contributed by atoms with Gasteiger partial charge in [-0.05, 0) is 36.4 Å². The van der Waals surface area contributed by atoms with Crippen molar-refractivity contribution in [3.8, 4) is 0 Å². The van der Waals surface area contributed by atoms with E-state index in [1.165, 1.54) is 17.4 Å². The van der Waals surface area contributed by atoms with E-state index in [9.17, 15) is 18.0 Å². The number of imidazole rings is 1. The number of amides is 1. The second-order valence-electron chi connectivity index (χ2n) is 7.00. The molecule has 5 nitrogen and oxygen atoms in total. The minimum atomic E-state index is -4.65. The normalized spacial score (nSPS) is 17.1. The third-order valence-electron chi connectivity index (χ3n) is 4.93. The number of nitrogens with zero attached hydrogens (tertiary/aromatic N) is 3. The van der Waals surface area contributed by atoms with E-state index in [1.54, 1.807) is 23.1 Å². The van der Waals surface area contributed by atoms with Crippen LogP contribution in [0.1, 0.15) is 23.5 Å². The summed E-state index contributed by atoms with van der Waals surface area (Å²) in [5, 5.41) is 1.91. The Hall–Kier alpha value is -2.39. The third kappa shape index (κ3) is 4.45. The van der Waals surface area contributed by atoms with E-state index in [0.717, 1.165) is 22.3 Å². The lowest BCUT2D eigenvalue weighted by molar-refractivity contribution is -0.148. The number of para-hydroxylation sites is 2. The Bertz CT molecular complexity index is 979. The maximum atomic E-state index is 13.5. The number of aromatic nitrogens is 2. The molecule has 29 heavy (non-hydrogen) atoms. The Kier molecular flexibility index (Phi) is 5.60. The van der Waals surface area contributed by atoms with Crippen LogP contribution < -0.4 is 0 Å². The maximum absolute atomic E-state index is 13.5. The molecule has 3 aromatic rings. The van der Waals surface area contributed by atoms with Gasteiger partial charge < -0.3 is 14.2 Å². The first-order valence-corrected chi connectivity index (χ1v) is 10.2. The van der Waals surface area contributed by atoms with Crippen LogP contribution in [0.4, 0.5) is 13.2 Å². The highest BCUT2D eigenvalue weighted by Crippen LogP contribution is 2.31. The van der Waals surface area contributed by atoms with Gasteiger partial charge in [-0.25, -0.2) is 4.98 Å². The zero-order valence-electron chi connectivity index (χ0n) is 15.6. The predicted octanol–water partition coefficient (Wildman–Crippen LogP) is 4.32. The molecule has 2 aromatic heterocycles. The minimum absolute atomic E-state index is 0.0828. The number of rotatable bonds is 6. The highest BCUT2D eigenvalue weighted by molar-refractivity contribution is 7.09. The number of alkyl halides is 3. The minimum Gasteiger partial charge on any atom is -0.376 e. The number of thiophene rings is 1. The van der Waals surface area contributed by atoms with Gasteiger partial charge in [-0.15, -0.1) is 11.3 Å². The van der Waals surface area contributed by atoms with Crippen LogP contribution >= 0.6 is 11.3 Å². The molecule has 4 rings (SSSR count). The number of carbonyl (C=O) groups is 1. The van der Waals surface area contributed by atoms with Gasteiger partial charge in [-0.2, -0.15) is 13.2 Å². The molecule has 1 aliphatic rings. The quantitative estimate of drug-likeness (QED) is 0.593. The molecule has 0 spiro atoms. The Morgan fingerprint density at radius 1 is 1.28 bits per heavy atom. The summed E-state index contributed by atoms with van der Waals surface area (Å²) in [4.78, 5) is 19.4. The molecule has 3 heterocycles.